The molecule has 1 aliphatic heterocycles. The zero-order valence-corrected chi connectivity index (χ0v) is 25.6. The molecule has 2 aromatic heterocycles. The molecule has 1 fully saturated rings. The number of thioether (sulfide) groups is 1. The first-order chi connectivity index (χ1) is 21.5. The number of rotatable bonds is 12. The average Bonchev–Trinajstić information content (AvgIpc) is 3.76. The van der Waals surface area contributed by atoms with E-state index < -0.39 is 5.25 Å². The molecule has 44 heavy (non-hydrogen) atoms. The highest BCUT2D eigenvalue weighted by molar-refractivity contribution is 8.15. The van der Waals surface area contributed by atoms with Crippen molar-refractivity contribution in [3.8, 4) is 28.3 Å². The zero-order valence-electron chi connectivity index (χ0n) is 24.0. The summed E-state index contributed by atoms with van der Waals surface area (Å²) in [4.78, 5) is 28.1. The molecule has 6 rings (SSSR count). The zero-order chi connectivity index (χ0) is 30.5. The van der Waals surface area contributed by atoms with Gasteiger partial charge < -0.3 is 9.30 Å². The third kappa shape index (κ3) is 6.68. The van der Waals surface area contributed by atoms with Crippen LogP contribution in [0.4, 0.5) is 4.79 Å². The summed E-state index contributed by atoms with van der Waals surface area (Å²) in [5.41, 5.74) is 5.85. The number of amides is 2. The molecular formula is C32H30ClN7O3S. The van der Waals surface area contributed by atoms with Crippen molar-refractivity contribution in [3.05, 3.63) is 101 Å². The summed E-state index contributed by atoms with van der Waals surface area (Å²) < 4.78 is 8.31. The number of imidazole rings is 1. The van der Waals surface area contributed by atoms with Gasteiger partial charge in [-0.15, -0.1) is 10.2 Å². The lowest BCUT2D eigenvalue weighted by Crippen LogP contribution is -2.25. The largest absolute Gasteiger partial charge is 0.487 e. The normalized spacial score (nSPS) is 14.6. The van der Waals surface area contributed by atoms with E-state index in [0.29, 0.717) is 29.7 Å². The molecule has 224 valence electrons. The Morgan fingerprint density at radius 1 is 0.977 bits per heavy atom. The molecule has 0 aliphatic carbocycles. The molecular weight excluding hydrogens is 598 g/mol. The first kappa shape index (κ1) is 29.6. The molecule has 0 radical (unpaired) electrons. The second kappa shape index (κ2) is 13.4. The number of tetrazole rings is 1. The summed E-state index contributed by atoms with van der Waals surface area (Å²) in [7, 11) is 0. The Balaban J connectivity index is 1.18. The van der Waals surface area contributed by atoms with E-state index in [9.17, 15) is 9.59 Å². The van der Waals surface area contributed by atoms with Crippen molar-refractivity contribution in [1.29, 1.82) is 0 Å². The van der Waals surface area contributed by atoms with E-state index >= 15 is 0 Å². The Hall–Kier alpha value is -4.48. The number of unbranched alkanes of at least 4 members (excludes halogenated alkanes) is 1. The molecule has 3 heterocycles. The molecule has 10 nitrogen and oxygen atoms in total. The molecule has 1 saturated heterocycles. The Labute approximate surface area is 263 Å². The van der Waals surface area contributed by atoms with Gasteiger partial charge >= 0.3 is 0 Å². The lowest BCUT2D eigenvalue weighted by molar-refractivity contribution is -0.118. The van der Waals surface area contributed by atoms with Gasteiger partial charge in [-0.2, -0.15) is 5.21 Å². The van der Waals surface area contributed by atoms with E-state index in [1.807, 2.05) is 48.5 Å². The number of hydrogen-bond acceptors (Lipinski definition) is 8. The highest BCUT2D eigenvalue weighted by Gasteiger charge is 2.31. The van der Waals surface area contributed by atoms with Crippen molar-refractivity contribution in [2.24, 2.45) is 0 Å². The molecule has 0 spiro atoms. The van der Waals surface area contributed by atoms with E-state index in [-0.39, 0.29) is 17.8 Å². The maximum atomic E-state index is 11.9. The van der Waals surface area contributed by atoms with E-state index in [1.54, 1.807) is 0 Å². The number of imide groups is 1. The minimum Gasteiger partial charge on any atom is -0.487 e. The van der Waals surface area contributed by atoms with Crippen LogP contribution < -0.4 is 10.1 Å². The minimum atomic E-state index is -0.404. The Bertz CT molecular complexity index is 1760. The number of nitrogens with one attached hydrogen (secondary N) is 2. The number of halogens is 1. The van der Waals surface area contributed by atoms with Crippen molar-refractivity contribution in [3.63, 3.8) is 0 Å². The van der Waals surface area contributed by atoms with Crippen LogP contribution in [-0.4, -0.2) is 46.6 Å². The summed E-state index contributed by atoms with van der Waals surface area (Å²) in [5, 5.41) is 16.6. The molecule has 1 aliphatic rings. The number of aryl methyl sites for hydroxylation is 1. The van der Waals surface area contributed by atoms with Crippen LogP contribution >= 0.6 is 23.4 Å². The van der Waals surface area contributed by atoms with Crippen LogP contribution in [0.15, 0.2) is 72.8 Å². The summed E-state index contributed by atoms with van der Waals surface area (Å²) in [5.74, 6) is 1.91. The molecule has 2 amide bonds. The molecule has 2 N–H and O–H groups in total. The number of aromatic amines is 1. The Kier molecular flexibility index (Phi) is 9.04. The van der Waals surface area contributed by atoms with E-state index in [2.05, 4.69) is 61.7 Å². The highest BCUT2D eigenvalue weighted by atomic mass is 35.5. The van der Waals surface area contributed by atoms with Gasteiger partial charge in [0.15, 0.2) is 5.15 Å². The van der Waals surface area contributed by atoms with Crippen LogP contribution in [-0.2, 0) is 30.8 Å². The van der Waals surface area contributed by atoms with Crippen LogP contribution in [0.2, 0.25) is 5.15 Å². The molecule has 5 aromatic rings. The molecule has 0 saturated carbocycles. The van der Waals surface area contributed by atoms with Gasteiger partial charge in [-0.25, -0.2) is 4.98 Å². The molecule has 0 bridgehead atoms. The summed E-state index contributed by atoms with van der Waals surface area (Å²) in [6, 6.07) is 24.0. The lowest BCUT2D eigenvalue weighted by atomic mass is 9.98. The lowest BCUT2D eigenvalue weighted by Gasteiger charge is -2.14. The predicted molar refractivity (Wildman–Crippen MR) is 169 cm³/mol. The maximum absolute atomic E-state index is 11.9. The predicted octanol–water partition coefficient (Wildman–Crippen LogP) is 6.25. The van der Waals surface area contributed by atoms with Crippen molar-refractivity contribution >= 4 is 34.5 Å². The Morgan fingerprint density at radius 2 is 1.73 bits per heavy atom. The van der Waals surface area contributed by atoms with Crippen molar-refractivity contribution in [2.75, 3.05) is 0 Å². The SMILES string of the molecule is CCCCc1nc(Cl)c(COc2ccc(CC3SC(=O)NC3=O)cc2)n1Cc1ccc(-c2ccccc2-c2nn[nH]n2)cc1. The van der Waals surface area contributed by atoms with Crippen LogP contribution in [0.25, 0.3) is 22.5 Å². The van der Waals surface area contributed by atoms with Gasteiger partial charge in [0, 0.05) is 18.5 Å². The number of aromatic nitrogens is 6. The van der Waals surface area contributed by atoms with Crippen LogP contribution in [0.3, 0.4) is 0 Å². The number of benzene rings is 3. The molecule has 12 heteroatoms. The number of carbonyl (C=O) groups excluding carboxylic acids is 2. The standard InChI is InChI=1S/C32H30ClN7O3S/c1-2-3-8-28-34-29(33)26(19-43-23-15-11-20(12-16-23)17-27-31(41)35-32(42)44-27)40(28)18-21-9-13-22(14-10-21)24-6-4-5-7-25(24)30-36-38-39-37-30/h4-7,9-16,27H,2-3,8,17-19H2,1H3,(H,35,41,42)(H,36,37,38,39). The maximum Gasteiger partial charge on any atom is 0.286 e. The third-order valence-electron chi connectivity index (χ3n) is 7.46. The van der Waals surface area contributed by atoms with Crippen molar-refractivity contribution in [2.45, 2.75) is 51.0 Å². The number of nitrogens with zero attached hydrogens (tertiary/aromatic N) is 5. The molecule has 1 atom stereocenters. The first-order valence-corrected chi connectivity index (χ1v) is 15.6. The monoisotopic (exact) mass is 627 g/mol. The van der Waals surface area contributed by atoms with Crippen LogP contribution in [0.5, 0.6) is 5.75 Å². The van der Waals surface area contributed by atoms with Crippen LogP contribution in [0.1, 0.15) is 42.4 Å². The fourth-order valence-corrected chi connectivity index (χ4v) is 6.26. The van der Waals surface area contributed by atoms with Gasteiger partial charge in [-0.1, -0.05) is 97.4 Å². The third-order valence-corrected chi connectivity index (χ3v) is 8.75. The van der Waals surface area contributed by atoms with E-state index in [4.69, 9.17) is 21.3 Å². The van der Waals surface area contributed by atoms with Gasteiger partial charge in [0.2, 0.25) is 11.7 Å². The van der Waals surface area contributed by atoms with Gasteiger partial charge in [0.25, 0.3) is 5.24 Å². The van der Waals surface area contributed by atoms with Crippen molar-refractivity contribution in [1.82, 2.24) is 35.5 Å². The van der Waals surface area contributed by atoms with Gasteiger partial charge in [0.1, 0.15) is 18.2 Å². The number of H-pyrrole nitrogens is 1. The van der Waals surface area contributed by atoms with Crippen LogP contribution in [0, 0.1) is 0 Å². The topological polar surface area (TPSA) is 128 Å². The highest BCUT2D eigenvalue weighted by Crippen LogP contribution is 2.31. The molecule has 3 aromatic carbocycles. The minimum absolute atomic E-state index is 0.245. The summed E-state index contributed by atoms with van der Waals surface area (Å²) in [6.07, 6.45) is 3.34. The second-order valence-corrected chi connectivity index (χ2v) is 12.0. The number of ether oxygens (including phenoxy) is 1. The second-order valence-electron chi connectivity index (χ2n) is 10.5. The van der Waals surface area contributed by atoms with E-state index in [0.717, 1.165) is 70.4 Å². The number of hydrogen-bond donors (Lipinski definition) is 2. The smallest absolute Gasteiger partial charge is 0.286 e. The van der Waals surface area contributed by atoms with E-state index in [1.165, 1.54) is 0 Å². The fourth-order valence-electron chi connectivity index (χ4n) is 5.15. The van der Waals surface area contributed by atoms with Gasteiger partial charge in [-0.3, -0.25) is 14.9 Å². The quantitative estimate of drug-likeness (QED) is 0.166. The molecule has 1 unspecified atom stereocenters. The number of carbonyl (C=O) groups is 2. The fraction of sp³-hybridized carbons (Fsp3) is 0.250. The first-order valence-electron chi connectivity index (χ1n) is 14.4. The van der Waals surface area contributed by atoms with Gasteiger partial charge in [0.05, 0.1) is 10.9 Å². The average molecular weight is 628 g/mol. The summed E-state index contributed by atoms with van der Waals surface area (Å²) >= 11 is 7.71. The summed E-state index contributed by atoms with van der Waals surface area (Å²) in [6.45, 7) is 3.01. The van der Waals surface area contributed by atoms with Crippen molar-refractivity contribution < 1.29 is 14.3 Å². The Morgan fingerprint density at radius 3 is 2.41 bits per heavy atom. The van der Waals surface area contributed by atoms with Gasteiger partial charge in [-0.05, 0) is 52.4 Å².